The van der Waals surface area contributed by atoms with Gasteiger partial charge in [0.05, 0.1) is 12.3 Å². The van der Waals surface area contributed by atoms with E-state index in [1.165, 1.54) is 0 Å². The highest BCUT2D eigenvalue weighted by molar-refractivity contribution is 14.0. The molecular formula is C16H21IN4O2S. The van der Waals surface area contributed by atoms with Crippen molar-refractivity contribution in [3.63, 3.8) is 0 Å². The Bertz CT molecular complexity index is 737. The van der Waals surface area contributed by atoms with Crippen molar-refractivity contribution in [2.75, 3.05) is 17.6 Å². The molecule has 0 saturated heterocycles. The summed E-state index contributed by atoms with van der Waals surface area (Å²) < 4.78 is 26.3. The number of sulfonamides is 1. The van der Waals surface area contributed by atoms with Crippen molar-refractivity contribution in [3.05, 3.63) is 66.2 Å². The number of benzene rings is 2. The molecule has 0 aliphatic carbocycles. The Hall–Kier alpha value is -1.65. The fourth-order valence-electron chi connectivity index (χ4n) is 1.86. The first-order valence-corrected chi connectivity index (χ1v) is 8.84. The lowest BCUT2D eigenvalue weighted by Crippen LogP contribution is -2.28. The summed E-state index contributed by atoms with van der Waals surface area (Å²) in [6, 6.07) is 18.7. The molecule has 2 aromatic rings. The first kappa shape index (κ1) is 20.4. The van der Waals surface area contributed by atoms with Gasteiger partial charge in [0.1, 0.15) is 0 Å². The first-order valence-electron chi connectivity index (χ1n) is 7.18. The summed E-state index contributed by atoms with van der Waals surface area (Å²) in [6.07, 6.45) is 0. The fraction of sp³-hybridized carbons (Fsp3) is 0.188. The van der Waals surface area contributed by atoms with Crippen molar-refractivity contribution in [2.45, 2.75) is 6.54 Å². The van der Waals surface area contributed by atoms with Gasteiger partial charge < -0.3 is 11.1 Å². The van der Waals surface area contributed by atoms with Crippen LogP contribution in [0.4, 0.5) is 5.69 Å². The molecule has 130 valence electrons. The van der Waals surface area contributed by atoms with Gasteiger partial charge in [0.25, 0.3) is 0 Å². The number of guanidine groups is 1. The Morgan fingerprint density at radius 2 is 1.58 bits per heavy atom. The van der Waals surface area contributed by atoms with Crippen molar-refractivity contribution in [2.24, 2.45) is 10.7 Å². The molecule has 0 amide bonds. The molecule has 0 aromatic heterocycles. The molecule has 4 N–H and O–H groups in total. The van der Waals surface area contributed by atoms with E-state index in [1.807, 2.05) is 60.7 Å². The predicted molar refractivity (Wildman–Crippen MR) is 109 cm³/mol. The molecule has 0 saturated carbocycles. The van der Waals surface area contributed by atoms with Crippen molar-refractivity contribution in [1.29, 1.82) is 0 Å². The van der Waals surface area contributed by atoms with Crippen LogP contribution < -0.4 is 15.8 Å². The molecule has 0 spiro atoms. The third-order valence-corrected chi connectivity index (χ3v) is 4.33. The highest BCUT2D eigenvalue weighted by atomic mass is 127. The van der Waals surface area contributed by atoms with E-state index in [4.69, 9.17) is 5.73 Å². The SMILES string of the molecule is I.NC(=NCCS(=O)(=O)NCc1ccccc1)Nc1ccccc1. The van der Waals surface area contributed by atoms with Crippen LogP contribution in [0.25, 0.3) is 0 Å². The number of nitrogens with one attached hydrogen (secondary N) is 2. The van der Waals surface area contributed by atoms with Gasteiger partial charge in [-0.05, 0) is 17.7 Å². The second-order valence-corrected chi connectivity index (χ2v) is 6.81. The van der Waals surface area contributed by atoms with Crippen LogP contribution in [0, 0.1) is 0 Å². The van der Waals surface area contributed by atoms with Crippen molar-refractivity contribution in [1.82, 2.24) is 4.72 Å². The maximum Gasteiger partial charge on any atom is 0.213 e. The average molecular weight is 460 g/mol. The smallest absolute Gasteiger partial charge is 0.213 e. The van der Waals surface area contributed by atoms with Crippen LogP contribution in [0.15, 0.2) is 65.7 Å². The molecule has 8 heteroatoms. The summed E-state index contributed by atoms with van der Waals surface area (Å²) in [5, 5.41) is 2.90. The van der Waals surface area contributed by atoms with Gasteiger partial charge in [-0.1, -0.05) is 48.5 Å². The van der Waals surface area contributed by atoms with Crippen LogP contribution >= 0.6 is 24.0 Å². The van der Waals surface area contributed by atoms with E-state index >= 15 is 0 Å². The normalized spacial score (nSPS) is 11.6. The van der Waals surface area contributed by atoms with Crippen LogP contribution in [0.3, 0.4) is 0 Å². The van der Waals surface area contributed by atoms with E-state index in [1.54, 1.807) is 0 Å². The first-order chi connectivity index (χ1) is 11.1. The van der Waals surface area contributed by atoms with Gasteiger partial charge >= 0.3 is 0 Å². The number of hydrogen-bond acceptors (Lipinski definition) is 3. The standard InChI is InChI=1S/C16H20N4O2S.HI/c17-16(20-15-9-5-2-6-10-15)18-11-12-23(21,22)19-13-14-7-3-1-4-8-14;/h1-10,19H,11-13H2,(H3,17,18,20);1H. The van der Waals surface area contributed by atoms with Gasteiger partial charge in [0.2, 0.25) is 10.0 Å². The quantitative estimate of drug-likeness (QED) is 0.335. The molecule has 2 rings (SSSR count). The second kappa shape index (κ2) is 10.3. The Balaban J connectivity index is 0.00000288. The summed E-state index contributed by atoms with van der Waals surface area (Å²) in [5.41, 5.74) is 7.44. The minimum atomic E-state index is -3.39. The largest absolute Gasteiger partial charge is 0.370 e. The molecule has 0 unspecified atom stereocenters. The molecule has 2 aromatic carbocycles. The van der Waals surface area contributed by atoms with Gasteiger partial charge in [-0.3, -0.25) is 4.99 Å². The van der Waals surface area contributed by atoms with E-state index in [-0.39, 0.29) is 48.8 Å². The summed E-state index contributed by atoms with van der Waals surface area (Å²) in [4.78, 5) is 4.02. The maximum atomic E-state index is 11.9. The molecule has 0 bridgehead atoms. The lowest BCUT2D eigenvalue weighted by Gasteiger charge is -2.07. The molecular weight excluding hydrogens is 439 g/mol. The van der Waals surface area contributed by atoms with Crippen LogP contribution in [-0.4, -0.2) is 26.7 Å². The molecule has 0 aliphatic heterocycles. The van der Waals surface area contributed by atoms with E-state index < -0.39 is 10.0 Å². The van der Waals surface area contributed by atoms with Crippen molar-refractivity contribution in [3.8, 4) is 0 Å². The number of anilines is 1. The van der Waals surface area contributed by atoms with Crippen LogP contribution in [0.5, 0.6) is 0 Å². The summed E-state index contributed by atoms with van der Waals surface area (Å²) in [6.45, 7) is 0.362. The third kappa shape index (κ3) is 7.75. The summed E-state index contributed by atoms with van der Waals surface area (Å²) >= 11 is 0. The zero-order valence-corrected chi connectivity index (χ0v) is 16.2. The maximum absolute atomic E-state index is 11.9. The molecule has 0 heterocycles. The minimum Gasteiger partial charge on any atom is -0.370 e. The second-order valence-electron chi connectivity index (χ2n) is 4.88. The van der Waals surface area contributed by atoms with E-state index in [9.17, 15) is 8.42 Å². The number of hydrogen-bond donors (Lipinski definition) is 3. The highest BCUT2D eigenvalue weighted by Crippen LogP contribution is 2.04. The Kier molecular flexibility index (Phi) is 8.72. The van der Waals surface area contributed by atoms with Crippen LogP contribution in [-0.2, 0) is 16.6 Å². The summed E-state index contributed by atoms with van der Waals surface area (Å²) in [5.74, 6) is 0.0752. The number of para-hydroxylation sites is 1. The number of halogens is 1. The van der Waals surface area contributed by atoms with Gasteiger partial charge in [-0.15, -0.1) is 24.0 Å². The van der Waals surface area contributed by atoms with Gasteiger partial charge in [0.15, 0.2) is 5.96 Å². The van der Waals surface area contributed by atoms with Gasteiger partial charge in [-0.2, -0.15) is 0 Å². The average Bonchev–Trinajstić information content (AvgIpc) is 2.55. The number of rotatable bonds is 7. The lowest BCUT2D eigenvalue weighted by atomic mass is 10.2. The lowest BCUT2D eigenvalue weighted by molar-refractivity contribution is 0.581. The minimum absolute atomic E-state index is 0. The van der Waals surface area contributed by atoms with E-state index in [2.05, 4.69) is 15.0 Å². The topological polar surface area (TPSA) is 96.6 Å². The Morgan fingerprint density at radius 3 is 2.21 bits per heavy atom. The monoisotopic (exact) mass is 460 g/mol. The van der Waals surface area contributed by atoms with E-state index in [0.717, 1.165) is 11.3 Å². The van der Waals surface area contributed by atoms with Crippen molar-refractivity contribution >= 4 is 45.6 Å². The molecule has 0 radical (unpaired) electrons. The number of aliphatic imine (C=N–C) groups is 1. The third-order valence-electron chi connectivity index (χ3n) is 3.03. The molecule has 0 atom stereocenters. The molecule has 24 heavy (non-hydrogen) atoms. The zero-order valence-electron chi connectivity index (χ0n) is 13.1. The number of nitrogens with two attached hydrogens (primary N) is 1. The Labute approximate surface area is 159 Å². The van der Waals surface area contributed by atoms with Gasteiger partial charge in [0, 0.05) is 12.2 Å². The van der Waals surface area contributed by atoms with Crippen LogP contribution in [0.1, 0.15) is 5.56 Å². The van der Waals surface area contributed by atoms with E-state index in [0.29, 0.717) is 0 Å². The van der Waals surface area contributed by atoms with Crippen LogP contribution in [0.2, 0.25) is 0 Å². The molecule has 0 aliphatic rings. The zero-order chi connectivity index (χ0) is 16.5. The van der Waals surface area contributed by atoms with Gasteiger partial charge in [-0.25, -0.2) is 13.1 Å². The fourth-order valence-corrected chi connectivity index (χ4v) is 2.72. The molecule has 0 fully saturated rings. The Morgan fingerprint density at radius 1 is 1.00 bits per heavy atom. The highest BCUT2D eigenvalue weighted by Gasteiger charge is 2.09. The van der Waals surface area contributed by atoms with Crippen molar-refractivity contribution < 1.29 is 8.42 Å². The predicted octanol–water partition coefficient (Wildman–Crippen LogP) is 2.15. The molecule has 6 nitrogen and oxygen atoms in total. The summed E-state index contributed by atoms with van der Waals surface area (Å²) in [7, 11) is -3.39. The number of nitrogens with zero attached hydrogens (tertiary/aromatic N) is 1.